The molecular formula is C20H20Cl2N2O3. The average Bonchev–Trinajstić information content (AvgIpc) is 3.20. The number of fused-ring (bicyclic) bond motifs is 1. The third kappa shape index (κ3) is 4.15. The van der Waals surface area contributed by atoms with Gasteiger partial charge in [0, 0.05) is 36.3 Å². The molecule has 1 aromatic carbocycles. The fourth-order valence-corrected chi connectivity index (χ4v) is 4.06. The zero-order valence-corrected chi connectivity index (χ0v) is 16.2. The maximum absolute atomic E-state index is 12.3. The van der Waals surface area contributed by atoms with E-state index in [1.807, 2.05) is 11.0 Å². The molecule has 1 N–H and O–H groups in total. The number of rotatable bonds is 4. The van der Waals surface area contributed by atoms with Gasteiger partial charge in [0.2, 0.25) is 0 Å². The summed E-state index contributed by atoms with van der Waals surface area (Å²) in [6.07, 6.45) is 6.96. The summed E-state index contributed by atoms with van der Waals surface area (Å²) in [5, 5.41) is 4.71. The lowest BCUT2D eigenvalue weighted by Gasteiger charge is -2.32. The molecule has 1 saturated heterocycles. The predicted molar refractivity (Wildman–Crippen MR) is 106 cm³/mol. The first-order valence-electron chi connectivity index (χ1n) is 8.96. The number of halogens is 2. The molecule has 2 aliphatic rings. The van der Waals surface area contributed by atoms with Crippen molar-refractivity contribution in [3.8, 4) is 5.75 Å². The summed E-state index contributed by atoms with van der Waals surface area (Å²) in [5.74, 6) is 0.729. The molecule has 0 atom stereocenters. The van der Waals surface area contributed by atoms with Crippen molar-refractivity contribution in [1.82, 2.24) is 10.2 Å². The Kier molecular flexibility index (Phi) is 5.43. The highest BCUT2D eigenvalue weighted by molar-refractivity contribution is 6.36. The minimum atomic E-state index is 0.0379. The number of nitrogens with zero attached hydrogens (tertiary/aromatic N) is 1. The van der Waals surface area contributed by atoms with E-state index in [1.54, 1.807) is 12.1 Å². The minimum absolute atomic E-state index is 0.0379. The Hall–Kier alpha value is -1.95. The van der Waals surface area contributed by atoms with Gasteiger partial charge in [-0.05, 0) is 42.7 Å². The average molecular weight is 407 g/mol. The summed E-state index contributed by atoms with van der Waals surface area (Å²) in [6, 6.07) is 5.64. The molecule has 0 radical (unpaired) electrons. The molecule has 27 heavy (non-hydrogen) atoms. The van der Waals surface area contributed by atoms with Crippen LogP contribution in [0.25, 0.3) is 6.08 Å². The predicted octanol–water partition coefficient (Wildman–Crippen LogP) is 4.26. The molecule has 4 rings (SSSR count). The van der Waals surface area contributed by atoms with Crippen LogP contribution in [-0.4, -0.2) is 43.1 Å². The number of piperidine rings is 1. The Morgan fingerprint density at radius 2 is 2.07 bits per heavy atom. The van der Waals surface area contributed by atoms with Crippen molar-refractivity contribution in [2.24, 2.45) is 0 Å². The van der Waals surface area contributed by atoms with Crippen molar-refractivity contribution in [2.45, 2.75) is 18.9 Å². The Labute approximate surface area is 167 Å². The highest BCUT2D eigenvalue weighted by Crippen LogP contribution is 2.36. The van der Waals surface area contributed by atoms with Crippen molar-refractivity contribution in [3.63, 3.8) is 0 Å². The molecule has 0 aliphatic carbocycles. The van der Waals surface area contributed by atoms with Crippen molar-refractivity contribution >= 4 is 35.2 Å². The van der Waals surface area contributed by atoms with Crippen LogP contribution in [0.3, 0.4) is 0 Å². The molecule has 1 fully saturated rings. The number of furan rings is 1. The van der Waals surface area contributed by atoms with E-state index >= 15 is 0 Å². The Balaban J connectivity index is 1.30. The van der Waals surface area contributed by atoms with Gasteiger partial charge in [-0.1, -0.05) is 23.2 Å². The van der Waals surface area contributed by atoms with Gasteiger partial charge in [-0.3, -0.25) is 4.79 Å². The number of carbonyl (C=O) groups excluding carboxylic acids is 1. The summed E-state index contributed by atoms with van der Waals surface area (Å²) in [7, 11) is 0. The third-order valence-corrected chi connectivity index (χ3v) is 5.47. The van der Waals surface area contributed by atoms with Crippen molar-refractivity contribution in [1.29, 1.82) is 0 Å². The molecular weight excluding hydrogens is 387 g/mol. The number of nitrogens with one attached hydrogen (secondary N) is 1. The second-order valence-electron chi connectivity index (χ2n) is 6.86. The van der Waals surface area contributed by atoms with E-state index < -0.39 is 0 Å². The fourth-order valence-electron chi connectivity index (χ4n) is 3.50. The second-order valence-corrected chi connectivity index (χ2v) is 7.70. The van der Waals surface area contributed by atoms with Gasteiger partial charge in [0.15, 0.2) is 0 Å². The van der Waals surface area contributed by atoms with Crippen LogP contribution in [0.4, 0.5) is 0 Å². The number of benzene rings is 1. The summed E-state index contributed by atoms with van der Waals surface area (Å²) in [4.78, 5) is 14.2. The third-order valence-electron chi connectivity index (χ3n) is 4.97. The Bertz CT molecular complexity index is 856. The van der Waals surface area contributed by atoms with Gasteiger partial charge in [0.05, 0.1) is 16.8 Å². The minimum Gasteiger partial charge on any atom is -0.487 e. The smallest absolute Gasteiger partial charge is 0.257 e. The lowest BCUT2D eigenvalue weighted by molar-refractivity contribution is 0.0705. The maximum Gasteiger partial charge on any atom is 0.257 e. The highest BCUT2D eigenvalue weighted by atomic mass is 35.5. The van der Waals surface area contributed by atoms with Crippen LogP contribution in [0.2, 0.25) is 10.0 Å². The van der Waals surface area contributed by atoms with Crippen LogP contribution in [0.5, 0.6) is 5.75 Å². The van der Waals surface area contributed by atoms with Crippen LogP contribution < -0.4 is 10.1 Å². The summed E-state index contributed by atoms with van der Waals surface area (Å²) >= 11 is 12.3. The summed E-state index contributed by atoms with van der Waals surface area (Å²) < 4.78 is 10.8. The van der Waals surface area contributed by atoms with E-state index in [1.165, 1.54) is 12.5 Å². The highest BCUT2D eigenvalue weighted by Gasteiger charge is 2.24. The number of likely N-dealkylation sites (tertiary alicyclic amines) is 1. The van der Waals surface area contributed by atoms with Crippen LogP contribution in [0.1, 0.15) is 28.8 Å². The maximum atomic E-state index is 12.3. The van der Waals surface area contributed by atoms with Gasteiger partial charge in [-0.2, -0.15) is 0 Å². The number of ether oxygens (including phenoxy) is 1. The topological polar surface area (TPSA) is 54.7 Å². The van der Waals surface area contributed by atoms with Crippen LogP contribution in [-0.2, 0) is 0 Å². The number of amides is 1. The lowest BCUT2D eigenvalue weighted by Crippen LogP contribution is -2.45. The van der Waals surface area contributed by atoms with Gasteiger partial charge in [-0.15, -0.1) is 0 Å². The molecule has 0 unspecified atom stereocenters. The molecule has 2 aliphatic heterocycles. The normalized spacial score (nSPS) is 17.3. The first-order valence-corrected chi connectivity index (χ1v) is 9.72. The van der Waals surface area contributed by atoms with E-state index in [9.17, 15) is 4.79 Å². The fraction of sp³-hybridized carbons (Fsp3) is 0.350. The van der Waals surface area contributed by atoms with Crippen LogP contribution >= 0.6 is 23.2 Å². The van der Waals surface area contributed by atoms with Crippen molar-refractivity contribution in [2.75, 3.05) is 26.2 Å². The van der Waals surface area contributed by atoms with Crippen LogP contribution in [0, 0.1) is 0 Å². The molecule has 1 aromatic heterocycles. The van der Waals surface area contributed by atoms with Gasteiger partial charge in [-0.25, -0.2) is 0 Å². The zero-order chi connectivity index (χ0) is 18.8. The molecule has 0 spiro atoms. The van der Waals surface area contributed by atoms with Gasteiger partial charge >= 0.3 is 0 Å². The Morgan fingerprint density at radius 3 is 2.81 bits per heavy atom. The number of hydrogen-bond acceptors (Lipinski definition) is 4. The van der Waals surface area contributed by atoms with E-state index in [0.29, 0.717) is 34.0 Å². The van der Waals surface area contributed by atoms with Gasteiger partial charge in [0.25, 0.3) is 5.91 Å². The van der Waals surface area contributed by atoms with E-state index in [0.717, 1.165) is 43.6 Å². The first-order chi connectivity index (χ1) is 13.1. The standard InChI is InChI=1S/C20H20Cl2N2O3/c21-16-8-15-7-13(11-27-19(15)18(22)9-16)10-23-17-1-4-24(5-2-17)20(25)14-3-6-26-12-14/h3,6-9,12,17,23H,1-2,4-5,10-11H2. The molecule has 7 heteroatoms. The van der Waals surface area contributed by atoms with Crippen LogP contribution in [0.15, 0.2) is 40.7 Å². The molecule has 3 heterocycles. The van der Waals surface area contributed by atoms with Gasteiger partial charge in [0.1, 0.15) is 18.6 Å². The van der Waals surface area contributed by atoms with E-state index in [4.69, 9.17) is 32.4 Å². The molecule has 0 saturated carbocycles. The largest absolute Gasteiger partial charge is 0.487 e. The SMILES string of the molecule is O=C(c1ccoc1)N1CCC(NCC2=Cc3cc(Cl)cc(Cl)c3OC2)CC1. The first kappa shape index (κ1) is 18.4. The van der Waals surface area contributed by atoms with Crippen molar-refractivity contribution < 1.29 is 13.9 Å². The zero-order valence-electron chi connectivity index (χ0n) is 14.7. The molecule has 2 aromatic rings. The molecule has 1 amide bonds. The summed E-state index contributed by atoms with van der Waals surface area (Å²) in [5.41, 5.74) is 2.68. The monoisotopic (exact) mass is 406 g/mol. The van der Waals surface area contributed by atoms with E-state index in [2.05, 4.69) is 11.4 Å². The quantitative estimate of drug-likeness (QED) is 0.823. The Morgan fingerprint density at radius 1 is 1.26 bits per heavy atom. The lowest BCUT2D eigenvalue weighted by atomic mass is 10.0. The van der Waals surface area contributed by atoms with Gasteiger partial charge < -0.3 is 19.4 Å². The molecule has 0 bridgehead atoms. The summed E-state index contributed by atoms with van der Waals surface area (Å²) in [6.45, 7) is 2.74. The second kappa shape index (κ2) is 7.97. The molecule has 5 nitrogen and oxygen atoms in total. The molecule has 142 valence electrons. The van der Waals surface area contributed by atoms with E-state index in [-0.39, 0.29) is 5.91 Å². The number of carbonyl (C=O) groups is 1. The number of hydrogen-bond donors (Lipinski definition) is 1. The van der Waals surface area contributed by atoms with Crippen molar-refractivity contribution in [3.05, 3.63) is 57.5 Å².